The molecule has 0 spiro atoms. The summed E-state index contributed by atoms with van der Waals surface area (Å²) in [6, 6.07) is 8.38. The Morgan fingerprint density at radius 1 is 1.13 bits per heavy atom. The van der Waals surface area contributed by atoms with Gasteiger partial charge in [-0.25, -0.2) is 0 Å². The van der Waals surface area contributed by atoms with Crippen LogP contribution in [0, 0.1) is 0 Å². The van der Waals surface area contributed by atoms with Crippen LogP contribution in [0.5, 0.6) is 0 Å². The molecule has 1 atom stereocenters. The summed E-state index contributed by atoms with van der Waals surface area (Å²) >= 11 is 6.62. The van der Waals surface area contributed by atoms with Crippen molar-refractivity contribution in [3.8, 4) is 0 Å². The monoisotopic (exact) mass is 286 g/mol. The second kappa shape index (κ2) is 4.74. The van der Waals surface area contributed by atoms with Crippen molar-refractivity contribution in [2.45, 2.75) is 30.4 Å². The molecule has 0 aromatic heterocycles. The average Bonchev–Trinajstić information content (AvgIpc) is 2.23. The first kappa shape index (κ1) is 11.3. The van der Waals surface area contributed by atoms with E-state index < -0.39 is 0 Å². The molecule has 1 aliphatic heterocycles. The Hall–Kier alpha value is -0.231. The van der Waals surface area contributed by atoms with Crippen molar-refractivity contribution >= 4 is 26.6 Å². The minimum atomic E-state index is 0.720. The summed E-state index contributed by atoms with van der Waals surface area (Å²) in [6.45, 7) is 4.54. The van der Waals surface area contributed by atoms with Crippen molar-refractivity contribution < 1.29 is 0 Å². The fraction of sp³-hybridized carbons (Fsp3) is 0.385. The maximum atomic E-state index is 5.90. The van der Waals surface area contributed by atoms with Gasteiger partial charge in [0.1, 0.15) is 0 Å². The number of hydrogen-bond donors (Lipinski definition) is 0. The third-order valence-electron chi connectivity index (χ3n) is 2.96. The van der Waals surface area contributed by atoms with Crippen molar-refractivity contribution in [1.82, 2.24) is 0 Å². The zero-order valence-electron chi connectivity index (χ0n) is 9.09. The van der Waals surface area contributed by atoms with Gasteiger partial charge in [-0.3, -0.25) is 0 Å². The third-order valence-corrected chi connectivity index (χ3v) is 6.24. The molecule has 1 aromatic rings. The van der Waals surface area contributed by atoms with Gasteiger partial charge in [0.15, 0.2) is 0 Å². The number of allylic oxidation sites excluding steroid dienone is 2. The molecule has 0 bridgehead atoms. The fourth-order valence-corrected chi connectivity index (χ4v) is 4.85. The molecule has 0 radical (unpaired) electrons. The van der Waals surface area contributed by atoms with Crippen LogP contribution in [0.25, 0.3) is 0 Å². The van der Waals surface area contributed by atoms with E-state index in [0.717, 1.165) is 24.8 Å². The van der Waals surface area contributed by atoms with Crippen LogP contribution >= 0.6 is 11.6 Å². The quantitative estimate of drug-likeness (QED) is 0.535. The van der Waals surface area contributed by atoms with E-state index in [2.05, 4.69) is 26.0 Å². The Morgan fingerprint density at radius 2 is 1.80 bits per heavy atom. The summed E-state index contributed by atoms with van der Waals surface area (Å²) in [7, 11) is 0. The Labute approximate surface area is 103 Å². The number of rotatable bonds is 1. The molecule has 0 saturated heterocycles. The van der Waals surface area contributed by atoms with Gasteiger partial charge in [0.2, 0.25) is 0 Å². The number of halogens is 1. The van der Waals surface area contributed by atoms with Gasteiger partial charge in [-0.15, -0.1) is 0 Å². The topological polar surface area (TPSA) is 0 Å². The first-order valence-electron chi connectivity index (χ1n) is 5.19. The Morgan fingerprint density at radius 3 is 2.40 bits per heavy atom. The summed E-state index contributed by atoms with van der Waals surface area (Å²) in [6.07, 6.45) is 1.24. The van der Waals surface area contributed by atoms with Crippen LogP contribution in [0.1, 0.15) is 30.6 Å². The average molecular weight is 286 g/mol. The van der Waals surface area contributed by atoms with Gasteiger partial charge in [0.25, 0.3) is 0 Å². The van der Waals surface area contributed by atoms with Crippen molar-refractivity contribution in [3.05, 3.63) is 46.0 Å². The van der Waals surface area contributed by atoms with Gasteiger partial charge in [-0.05, 0) is 0 Å². The van der Waals surface area contributed by atoms with Crippen LogP contribution in [-0.2, 0) is 0 Å². The van der Waals surface area contributed by atoms with Gasteiger partial charge in [-0.2, -0.15) is 0 Å². The molecule has 1 unspecified atom stereocenters. The fourth-order valence-electron chi connectivity index (χ4n) is 1.75. The Kier molecular flexibility index (Phi) is 3.56. The molecule has 0 N–H and O–H groups in total. The number of benzene rings is 1. The maximum absolute atomic E-state index is 5.90. The van der Waals surface area contributed by atoms with E-state index in [1.807, 2.05) is 12.1 Å². The normalized spacial score (nSPS) is 21.9. The standard InChI is InChI=1S/C13H15ClSe/c1-9-7-13(15-8-10(9)2)11-3-5-12(14)6-4-11/h3-6,13H,7-8H2,1-2H3. The van der Waals surface area contributed by atoms with Crippen LogP contribution < -0.4 is 0 Å². The van der Waals surface area contributed by atoms with Gasteiger partial charge >= 0.3 is 103 Å². The molecule has 0 nitrogen and oxygen atoms in total. The number of hydrogen-bond acceptors (Lipinski definition) is 0. The summed E-state index contributed by atoms with van der Waals surface area (Å²) in [5, 5.41) is 2.15. The SMILES string of the molecule is CC1=C(C)CC(c2ccc(Cl)cc2)[Se]C1. The van der Waals surface area contributed by atoms with Crippen LogP contribution in [0.2, 0.25) is 10.3 Å². The van der Waals surface area contributed by atoms with E-state index in [1.165, 1.54) is 17.3 Å². The summed E-state index contributed by atoms with van der Waals surface area (Å²) in [4.78, 5) is 0.762. The van der Waals surface area contributed by atoms with Crippen molar-refractivity contribution in [3.63, 3.8) is 0 Å². The molecule has 0 aliphatic carbocycles. The Bertz CT molecular complexity index is 378. The molecule has 2 heteroatoms. The molecule has 0 amide bonds. The molecular weight excluding hydrogens is 271 g/mol. The zero-order valence-corrected chi connectivity index (χ0v) is 11.6. The molecule has 15 heavy (non-hydrogen) atoms. The van der Waals surface area contributed by atoms with E-state index in [9.17, 15) is 0 Å². The van der Waals surface area contributed by atoms with E-state index in [4.69, 9.17) is 11.6 Å². The van der Waals surface area contributed by atoms with Gasteiger partial charge in [0.05, 0.1) is 0 Å². The Balaban J connectivity index is 2.17. The molecule has 0 saturated carbocycles. The van der Waals surface area contributed by atoms with Gasteiger partial charge in [-0.1, -0.05) is 0 Å². The van der Waals surface area contributed by atoms with Crippen LogP contribution in [0.4, 0.5) is 0 Å². The molecule has 1 aliphatic rings. The molecule has 1 aromatic carbocycles. The minimum absolute atomic E-state index is 0.720. The van der Waals surface area contributed by atoms with E-state index in [-0.39, 0.29) is 0 Å². The van der Waals surface area contributed by atoms with Crippen molar-refractivity contribution in [2.75, 3.05) is 0 Å². The summed E-state index contributed by atoms with van der Waals surface area (Å²) < 4.78 is 0. The molecule has 1 heterocycles. The first-order chi connectivity index (χ1) is 7.16. The predicted octanol–water partition coefficient (Wildman–Crippen LogP) is 4.24. The summed E-state index contributed by atoms with van der Waals surface area (Å²) in [5.41, 5.74) is 4.66. The molecule has 2 rings (SSSR count). The van der Waals surface area contributed by atoms with E-state index in [1.54, 1.807) is 11.1 Å². The second-order valence-electron chi connectivity index (χ2n) is 4.12. The van der Waals surface area contributed by atoms with Crippen LogP contribution in [0.15, 0.2) is 35.4 Å². The van der Waals surface area contributed by atoms with Crippen molar-refractivity contribution in [1.29, 1.82) is 0 Å². The van der Waals surface area contributed by atoms with Gasteiger partial charge < -0.3 is 0 Å². The van der Waals surface area contributed by atoms with Crippen LogP contribution in [0.3, 0.4) is 0 Å². The van der Waals surface area contributed by atoms with Gasteiger partial charge in [0, 0.05) is 0 Å². The van der Waals surface area contributed by atoms with E-state index >= 15 is 0 Å². The summed E-state index contributed by atoms with van der Waals surface area (Å²) in [5.74, 6) is 0. The molecular formula is C13H15ClSe. The third kappa shape index (κ3) is 2.66. The van der Waals surface area contributed by atoms with E-state index in [0.29, 0.717) is 0 Å². The molecule has 80 valence electrons. The van der Waals surface area contributed by atoms with Crippen molar-refractivity contribution in [2.24, 2.45) is 0 Å². The predicted molar refractivity (Wildman–Crippen MR) is 67.7 cm³/mol. The first-order valence-corrected chi connectivity index (χ1v) is 7.77. The second-order valence-corrected chi connectivity index (χ2v) is 7.05. The zero-order chi connectivity index (χ0) is 10.8. The molecule has 0 fully saturated rings. The van der Waals surface area contributed by atoms with Crippen LogP contribution in [-0.4, -0.2) is 15.0 Å².